The first-order chi connectivity index (χ1) is 14.3. The van der Waals surface area contributed by atoms with Gasteiger partial charge in [0, 0.05) is 23.5 Å². The van der Waals surface area contributed by atoms with Crippen LogP contribution in [0.25, 0.3) is 11.0 Å². The molecule has 3 aromatic rings. The molecule has 1 atom stereocenters. The van der Waals surface area contributed by atoms with Crippen LogP contribution in [0.2, 0.25) is 0 Å². The molecule has 1 aliphatic heterocycles. The van der Waals surface area contributed by atoms with E-state index in [2.05, 4.69) is 0 Å². The average molecular weight is 428 g/mol. The van der Waals surface area contributed by atoms with Gasteiger partial charge in [0.1, 0.15) is 11.3 Å². The maximum Gasteiger partial charge on any atom is 0.227 e. The molecule has 1 aromatic heterocycles. The highest BCUT2D eigenvalue weighted by molar-refractivity contribution is 7.91. The largest absolute Gasteiger partial charge is 0.497 e. The lowest BCUT2D eigenvalue weighted by molar-refractivity contribution is -0.133. The van der Waals surface area contributed by atoms with Crippen molar-refractivity contribution < 1.29 is 22.4 Å². The molecule has 158 valence electrons. The van der Waals surface area contributed by atoms with Crippen LogP contribution in [0.5, 0.6) is 5.75 Å². The highest BCUT2D eigenvalue weighted by atomic mass is 32.2. The summed E-state index contributed by atoms with van der Waals surface area (Å²) in [6, 6.07) is 13.1. The first-order valence-corrected chi connectivity index (χ1v) is 11.8. The normalized spacial score (nSPS) is 17.9. The molecule has 1 aliphatic rings. The number of methoxy groups -OCH3 is 1. The van der Waals surface area contributed by atoms with Gasteiger partial charge in [0.15, 0.2) is 9.84 Å². The van der Waals surface area contributed by atoms with Gasteiger partial charge in [0.25, 0.3) is 0 Å². The molecular formula is C23H25NO5S. The second-order valence-electron chi connectivity index (χ2n) is 7.86. The zero-order valence-corrected chi connectivity index (χ0v) is 17.9. The van der Waals surface area contributed by atoms with E-state index in [1.807, 2.05) is 49.4 Å². The van der Waals surface area contributed by atoms with Crippen molar-refractivity contribution >= 4 is 26.7 Å². The third-order valence-corrected chi connectivity index (χ3v) is 7.40. The van der Waals surface area contributed by atoms with E-state index in [0.29, 0.717) is 24.3 Å². The van der Waals surface area contributed by atoms with Crippen LogP contribution in [0.15, 0.2) is 53.1 Å². The third-order valence-electron chi connectivity index (χ3n) is 5.65. The minimum Gasteiger partial charge on any atom is -0.497 e. The molecule has 2 aromatic carbocycles. The highest BCUT2D eigenvalue weighted by Gasteiger charge is 2.34. The molecule has 2 heterocycles. The summed E-state index contributed by atoms with van der Waals surface area (Å²) >= 11 is 0. The number of rotatable bonds is 6. The van der Waals surface area contributed by atoms with Gasteiger partial charge in [0.05, 0.1) is 31.3 Å². The Bertz CT molecular complexity index is 1160. The monoisotopic (exact) mass is 427 g/mol. The van der Waals surface area contributed by atoms with Crippen LogP contribution in [0.3, 0.4) is 0 Å². The number of hydrogen-bond donors (Lipinski definition) is 0. The smallest absolute Gasteiger partial charge is 0.227 e. The number of amides is 1. The van der Waals surface area contributed by atoms with E-state index in [1.54, 1.807) is 18.3 Å². The highest BCUT2D eigenvalue weighted by Crippen LogP contribution is 2.28. The van der Waals surface area contributed by atoms with Crippen molar-refractivity contribution in [3.05, 3.63) is 65.4 Å². The fourth-order valence-corrected chi connectivity index (χ4v) is 5.65. The Balaban J connectivity index is 1.61. The topological polar surface area (TPSA) is 76.8 Å². The number of sulfone groups is 1. The summed E-state index contributed by atoms with van der Waals surface area (Å²) in [6.07, 6.45) is 2.21. The summed E-state index contributed by atoms with van der Waals surface area (Å²) < 4.78 is 35.0. The number of carbonyl (C=O) groups excluding carboxylic acids is 1. The summed E-state index contributed by atoms with van der Waals surface area (Å²) in [5.74, 6) is 0.727. The van der Waals surface area contributed by atoms with Crippen molar-refractivity contribution in [1.29, 1.82) is 0 Å². The number of carbonyl (C=O) groups is 1. The molecule has 0 N–H and O–H groups in total. The molecule has 30 heavy (non-hydrogen) atoms. The maximum atomic E-state index is 13.3. The van der Waals surface area contributed by atoms with Crippen LogP contribution in [-0.4, -0.2) is 43.9 Å². The number of aryl methyl sites for hydroxylation is 1. The van der Waals surface area contributed by atoms with Gasteiger partial charge in [-0.25, -0.2) is 8.42 Å². The predicted molar refractivity (Wildman–Crippen MR) is 115 cm³/mol. The number of hydrogen-bond acceptors (Lipinski definition) is 5. The number of furan rings is 1. The quantitative estimate of drug-likeness (QED) is 0.602. The van der Waals surface area contributed by atoms with Crippen molar-refractivity contribution in [3.8, 4) is 5.75 Å². The molecule has 0 radical (unpaired) electrons. The third kappa shape index (κ3) is 4.36. The van der Waals surface area contributed by atoms with Crippen LogP contribution in [0.1, 0.15) is 23.1 Å². The van der Waals surface area contributed by atoms with Gasteiger partial charge >= 0.3 is 0 Å². The summed E-state index contributed by atoms with van der Waals surface area (Å²) in [5.41, 5.74) is 3.58. The molecule has 1 saturated heterocycles. The van der Waals surface area contributed by atoms with Crippen LogP contribution in [-0.2, 0) is 27.6 Å². The molecule has 4 rings (SSSR count). The van der Waals surface area contributed by atoms with Crippen molar-refractivity contribution in [2.45, 2.75) is 32.4 Å². The van der Waals surface area contributed by atoms with Crippen LogP contribution in [0, 0.1) is 6.92 Å². The minimum atomic E-state index is -3.11. The molecule has 1 unspecified atom stereocenters. The summed E-state index contributed by atoms with van der Waals surface area (Å²) in [6.45, 7) is 2.40. The molecule has 0 saturated carbocycles. The van der Waals surface area contributed by atoms with Crippen molar-refractivity contribution in [1.82, 2.24) is 4.90 Å². The molecule has 0 spiro atoms. The van der Waals surface area contributed by atoms with Gasteiger partial charge in [-0.2, -0.15) is 0 Å². The maximum absolute atomic E-state index is 13.3. The molecule has 6 nitrogen and oxygen atoms in total. The Hall–Kier alpha value is -2.80. The van der Waals surface area contributed by atoms with E-state index in [1.165, 1.54) is 0 Å². The predicted octanol–water partition coefficient (Wildman–Crippen LogP) is 3.51. The van der Waals surface area contributed by atoms with E-state index in [-0.39, 0.29) is 29.9 Å². The zero-order chi connectivity index (χ0) is 21.3. The molecule has 1 fully saturated rings. The van der Waals surface area contributed by atoms with Gasteiger partial charge in [-0.15, -0.1) is 0 Å². The molecule has 1 amide bonds. The van der Waals surface area contributed by atoms with E-state index in [9.17, 15) is 13.2 Å². The molecule has 0 aliphatic carbocycles. The van der Waals surface area contributed by atoms with Crippen LogP contribution in [0.4, 0.5) is 0 Å². The van der Waals surface area contributed by atoms with Gasteiger partial charge in [0.2, 0.25) is 5.91 Å². The number of nitrogens with zero attached hydrogens (tertiary/aromatic N) is 1. The van der Waals surface area contributed by atoms with Crippen molar-refractivity contribution in [2.24, 2.45) is 0 Å². The lowest BCUT2D eigenvalue weighted by Gasteiger charge is -2.28. The van der Waals surface area contributed by atoms with Crippen molar-refractivity contribution in [2.75, 3.05) is 18.6 Å². The van der Waals surface area contributed by atoms with Crippen LogP contribution < -0.4 is 4.74 Å². The Morgan fingerprint density at radius 2 is 1.97 bits per heavy atom. The Labute approximate surface area is 176 Å². The van der Waals surface area contributed by atoms with Crippen molar-refractivity contribution in [3.63, 3.8) is 0 Å². The van der Waals surface area contributed by atoms with Gasteiger partial charge in [-0.1, -0.05) is 29.8 Å². The summed E-state index contributed by atoms with van der Waals surface area (Å²) in [7, 11) is -1.51. The fraction of sp³-hybridized carbons (Fsp3) is 0.348. The van der Waals surface area contributed by atoms with Gasteiger partial charge in [-0.05, 0) is 37.1 Å². The van der Waals surface area contributed by atoms with E-state index >= 15 is 0 Å². The van der Waals surface area contributed by atoms with E-state index in [0.717, 1.165) is 22.1 Å². The number of fused-ring (bicyclic) bond motifs is 1. The first-order valence-electron chi connectivity index (χ1n) is 9.94. The number of benzene rings is 2. The molecule has 7 heteroatoms. The summed E-state index contributed by atoms with van der Waals surface area (Å²) in [4.78, 5) is 15.1. The van der Waals surface area contributed by atoms with Gasteiger partial charge < -0.3 is 14.1 Å². The SMILES string of the molecule is COc1ccc2occ(CC(=O)N(Cc3ccc(C)cc3)C3CCS(=O)(=O)C3)c2c1. The van der Waals surface area contributed by atoms with E-state index in [4.69, 9.17) is 9.15 Å². The fourth-order valence-electron chi connectivity index (χ4n) is 3.92. The Morgan fingerprint density at radius 1 is 1.20 bits per heavy atom. The molecular weight excluding hydrogens is 402 g/mol. The first kappa shape index (κ1) is 20.5. The number of ether oxygens (including phenoxy) is 1. The Kier molecular flexibility index (Phi) is 5.56. The van der Waals surface area contributed by atoms with Gasteiger partial charge in [-0.3, -0.25) is 4.79 Å². The lowest BCUT2D eigenvalue weighted by Crippen LogP contribution is -2.41. The van der Waals surface area contributed by atoms with Crippen LogP contribution >= 0.6 is 0 Å². The minimum absolute atomic E-state index is 0.0184. The van der Waals surface area contributed by atoms with E-state index < -0.39 is 9.84 Å². The second-order valence-corrected chi connectivity index (χ2v) is 10.1. The molecule has 0 bridgehead atoms. The summed E-state index contributed by atoms with van der Waals surface area (Å²) in [5, 5.41) is 0.831. The average Bonchev–Trinajstić information content (AvgIpc) is 3.29. The zero-order valence-electron chi connectivity index (χ0n) is 17.1. The second kappa shape index (κ2) is 8.14. The Morgan fingerprint density at radius 3 is 2.63 bits per heavy atom. The lowest BCUT2D eigenvalue weighted by atomic mass is 10.1. The standard InChI is InChI=1S/C23H25NO5S/c1-16-3-5-17(6-4-16)13-24(19-9-10-30(26,27)15-19)23(25)11-18-14-29-22-8-7-20(28-2)12-21(18)22/h3-8,12,14,19H,9-11,13,15H2,1-2H3.